The smallest absolute Gasteiger partial charge is 0.336 e. The van der Waals surface area contributed by atoms with Crippen LogP contribution in [0.15, 0.2) is 29.2 Å². The molecule has 0 spiro atoms. The van der Waals surface area contributed by atoms with Crippen molar-refractivity contribution in [2.45, 2.75) is 10.4 Å². The molecule has 20 heavy (non-hydrogen) atoms. The summed E-state index contributed by atoms with van der Waals surface area (Å²) in [4.78, 5) is 13.8. The monoisotopic (exact) mass is 326 g/mol. The molecule has 0 unspecified atom stereocenters. The van der Waals surface area contributed by atoms with E-state index < -0.39 is 5.51 Å². The van der Waals surface area contributed by atoms with Crippen LogP contribution in [0.1, 0.15) is 10.4 Å². The number of benzene rings is 1. The van der Waals surface area contributed by atoms with Crippen LogP contribution in [-0.4, -0.2) is 42.5 Å². The van der Waals surface area contributed by atoms with Gasteiger partial charge in [0, 0.05) is 36.6 Å². The molecule has 0 bridgehead atoms. The summed E-state index contributed by atoms with van der Waals surface area (Å²) in [6.45, 7) is 2.73. The maximum atomic E-state index is 12.2. The molecule has 1 N–H and O–H groups in total. The first-order chi connectivity index (χ1) is 8.96. The summed E-state index contributed by atoms with van der Waals surface area (Å²) in [5, 5.41) is 3.13. The van der Waals surface area contributed by atoms with Gasteiger partial charge in [0.25, 0.3) is 5.91 Å². The third-order valence-corrected chi connectivity index (χ3v) is 3.48. The van der Waals surface area contributed by atoms with Crippen molar-refractivity contribution < 1.29 is 18.0 Å². The van der Waals surface area contributed by atoms with Crippen molar-refractivity contribution in [1.29, 1.82) is 0 Å². The number of nitrogens with zero attached hydrogens (tertiary/aromatic N) is 1. The molecule has 1 aromatic carbocycles. The number of amides is 1. The molecule has 0 atom stereocenters. The fraction of sp³-hybridized carbons (Fsp3) is 0.417. The van der Waals surface area contributed by atoms with E-state index in [2.05, 4.69) is 5.32 Å². The predicted molar refractivity (Wildman–Crippen MR) is 74.4 cm³/mol. The molecule has 1 aliphatic rings. The van der Waals surface area contributed by atoms with Gasteiger partial charge in [0.2, 0.25) is 0 Å². The first kappa shape index (κ1) is 17.1. The van der Waals surface area contributed by atoms with E-state index in [-0.39, 0.29) is 35.0 Å². The molecule has 1 fully saturated rings. The number of halogens is 4. The number of piperazine rings is 1. The zero-order chi connectivity index (χ0) is 13.9. The zero-order valence-corrected chi connectivity index (χ0v) is 12.1. The minimum absolute atomic E-state index is 0. The van der Waals surface area contributed by atoms with Crippen LogP contribution in [0.4, 0.5) is 13.2 Å². The molecule has 1 amide bonds. The lowest BCUT2D eigenvalue weighted by Gasteiger charge is -2.27. The number of carbonyl (C=O) groups excluding carboxylic acids is 1. The molecule has 0 aromatic heterocycles. The first-order valence-corrected chi connectivity index (χ1v) is 6.63. The highest BCUT2D eigenvalue weighted by atomic mass is 35.5. The Morgan fingerprint density at radius 1 is 1.15 bits per heavy atom. The molecule has 1 saturated heterocycles. The fourth-order valence-corrected chi connectivity index (χ4v) is 2.39. The highest BCUT2D eigenvalue weighted by molar-refractivity contribution is 8.00. The molecule has 0 aliphatic carbocycles. The van der Waals surface area contributed by atoms with E-state index in [1.165, 1.54) is 24.3 Å². The van der Waals surface area contributed by atoms with E-state index >= 15 is 0 Å². The standard InChI is InChI=1S/C12H13F3N2OS.ClH/c13-12(14,15)19-10-3-1-9(2-4-10)11(18)17-7-5-16-6-8-17;/h1-4,16H,5-8H2;1H. The van der Waals surface area contributed by atoms with Crippen LogP contribution in [0, 0.1) is 0 Å². The molecule has 3 nitrogen and oxygen atoms in total. The van der Waals surface area contributed by atoms with Crippen molar-refractivity contribution >= 4 is 30.1 Å². The third-order valence-electron chi connectivity index (χ3n) is 2.74. The Morgan fingerprint density at radius 3 is 2.20 bits per heavy atom. The largest absolute Gasteiger partial charge is 0.446 e. The van der Waals surface area contributed by atoms with Crippen molar-refractivity contribution in [3.63, 3.8) is 0 Å². The van der Waals surface area contributed by atoms with Crippen LogP contribution in [-0.2, 0) is 0 Å². The van der Waals surface area contributed by atoms with Crippen molar-refractivity contribution in [1.82, 2.24) is 10.2 Å². The summed E-state index contributed by atoms with van der Waals surface area (Å²) >= 11 is -0.178. The van der Waals surface area contributed by atoms with Crippen LogP contribution < -0.4 is 5.32 Å². The molecule has 1 aliphatic heterocycles. The van der Waals surface area contributed by atoms with Crippen molar-refractivity contribution in [3.05, 3.63) is 29.8 Å². The van der Waals surface area contributed by atoms with E-state index in [1.54, 1.807) is 4.90 Å². The SMILES string of the molecule is Cl.O=C(c1ccc(SC(F)(F)F)cc1)N1CCNCC1. The fourth-order valence-electron chi connectivity index (χ4n) is 1.85. The van der Waals surface area contributed by atoms with Gasteiger partial charge >= 0.3 is 5.51 Å². The van der Waals surface area contributed by atoms with Gasteiger partial charge in [-0.25, -0.2) is 0 Å². The highest BCUT2D eigenvalue weighted by Gasteiger charge is 2.29. The zero-order valence-electron chi connectivity index (χ0n) is 10.4. The van der Waals surface area contributed by atoms with E-state index in [1.807, 2.05) is 0 Å². The maximum Gasteiger partial charge on any atom is 0.446 e. The molecular weight excluding hydrogens is 313 g/mol. The Labute approximate surface area is 125 Å². The Morgan fingerprint density at radius 2 is 1.70 bits per heavy atom. The lowest BCUT2D eigenvalue weighted by Crippen LogP contribution is -2.46. The molecule has 8 heteroatoms. The van der Waals surface area contributed by atoms with E-state index in [4.69, 9.17) is 0 Å². The van der Waals surface area contributed by atoms with Crippen LogP contribution in [0.2, 0.25) is 0 Å². The quantitative estimate of drug-likeness (QED) is 0.848. The van der Waals surface area contributed by atoms with Gasteiger partial charge in [0.05, 0.1) is 0 Å². The van der Waals surface area contributed by atoms with Gasteiger partial charge in [-0.15, -0.1) is 12.4 Å². The summed E-state index contributed by atoms with van der Waals surface area (Å²) < 4.78 is 36.5. The van der Waals surface area contributed by atoms with E-state index in [0.29, 0.717) is 18.7 Å². The highest BCUT2D eigenvalue weighted by Crippen LogP contribution is 2.36. The molecular formula is C12H14ClF3N2OS. The number of hydrogen-bond acceptors (Lipinski definition) is 3. The third kappa shape index (κ3) is 4.88. The summed E-state index contributed by atoms with van der Waals surface area (Å²) in [5.41, 5.74) is -3.88. The lowest BCUT2D eigenvalue weighted by molar-refractivity contribution is -0.0328. The van der Waals surface area contributed by atoms with Gasteiger partial charge in [0.1, 0.15) is 0 Å². The lowest BCUT2D eigenvalue weighted by atomic mass is 10.2. The average molecular weight is 327 g/mol. The van der Waals surface area contributed by atoms with Crippen LogP contribution in [0.25, 0.3) is 0 Å². The molecule has 0 saturated carbocycles. The Hall–Kier alpha value is -0.920. The number of alkyl halides is 3. The molecule has 1 heterocycles. The van der Waals surface area contributed by atoms with Crippen LogP contribution in [0.5, 0.6) is 0 Å². The van der Waals surface area contributed by atoms with Gasteiger partial charge < -0.3 is 10.2 Å². The van der Waals surface area contributed by atoms with Crippen molar-refractivity contribution in [2.75, 3.05) is 26.2 Å². The molecule has 112 valence electrons. The van der Waals surface area contributed by atoms with E-state index in [0.717, 1.165) is 13.1 Å². The Bertz CT molecular complexity index is 447. The number of carbonyl (C=O) groups is 1. The van der Waals surface area contributed by atoms with Crippen molar-refractivity contribution in [3.8, 4) is 0 Å². The molecule has 0 radical (unpaired) electrons. The summed E-state index contributed by atoms with van der Waals surface area (Å²) in [6.07, 6.45) is 0. The predicted octanol–water partition coefficient (Wildman–Crippen LogP) is 2.77. The summed E-state index contributed by atoms with van der Waals surface area (Å²) in [7, 11) is 0. The summed E-state index contributed by atoms with van der Waals surface area (Å²) in [6, 6.07) is 5.54. The van der Waals surface area contributed by atoms with Crippen LogP contribution >= 0.6 is 24.2 Å². The molecule has 1 aromatic rings. The van der Waals surface area contributed by atoms with Gasteiger partial charge in [-0.1, -0.05) is 0 Å². The number of hydrogen-bond donors (Lipinski definition) is 1. The normalized spacial score (nSPS) is 15.7. The first-order valence-electron chi connectivity index (χ1n) is 5.81. The minimum Gasteiger partial charge on any atom is -0.336 e. The Kier molecular flexibility index (Phi) is 6.16. The maximum absolute atomic E-state index is 12.2. The van der Waals surface area contributed by atoms with Gasteiger partial charge in [-0.05, 0) is 36.0 Å². The number of thioether (sulfide) groups is 1. The van der Waals surface area contributed by atoms with Crippen LogP contribution in [0.3, 0.4) is 0 Å². The van der Waals surface area contributed by atoms with Crippen molar-refractivity contribution in [2.24, 2.45) is 0 Å². The molecule has 2 rings (SSSR count). The second-order valence-corrected chi connectivity index (χ2v) is 5.25. The van der Waals surface area contributed by atoms with Gasteiger partial charge in [-0.2, -0.15) is 13.2 Å². The minimum atomic E-state index is -4.30. The summed E-state index contributed by atoms with van der Waals surface area (Å²) in [5.74, 6) is -0.134. The number of nitrogens with one attached hydrogen (secondary N) is 1. The Balaban J connectivity index is 0.00000200. The van der Waals surface area contributed by atoms with E-state index in [9.17, 15) is 18.0 Å². The second kappa shape index (κ2) is 7.19. The second-order valence-electron chi connectivity index (χ2n) is 4.11. The van der Waals surface area contributed by atoms with Gasteiger partial charge in [-0.3, -0.25) is 4.79 Å². The van der Waals surface area contributed by atoms with Gasteiger partial charge in [0.15, 0.2) is 0 Å². The number of rotatable bonds is 2. The average Bonchev–Trinajstić information content (AvgIpc) is 2.38. The topological polar surface area (TPSA) is 32.3 Å².